The van der Waals surface area contributed by atoms with E-state index in [1.165, 1.54) is 25.1 Å². The summed E-state index contributed by atoms with van der Waals surface area (Å²) in [7, 11) is 0. The molecule has 0 aliphatic rings. The molecule has 7 heteroatoms. The van der Waals surface area contributed by atoms with Crippen LogP contribution in [0.25, 0.3) is 0 Å². The molecule has 0 aliphatic heterocycles. The van der Waals surface area contributed by atoms with E-state index in [0.717, 1.165) is 18.1 Å². The Morgan fingerprint density at radius 3 is 2.52 bits per heavy atom. The Morgan fingerprint density at radius 2 is 1.85 bits per heavy atom. The molecule has 0 spiro atoms. The topological polar surface area (TPSA) is 98.5 Å². The molecule has 0 aliphatic carbocycles. The van der Waals surface area contributed by atoms with Crippen LogP contribution in [0.5, 0.6) is 0 Å². The monoisotopic (exact) mass is 370 g/mol. The number of hydrogen-bond donors (Lipinski definition) is 1. The molecule has 2 rings (SSSR count). The standard InChI is InChI=1S/C20H22N2O5/c1-4-13(2)17-10-5-6-11-18(17)21-19(23)14(3)27-20(24)15-8-7-9-16(12-15)22(25)26/h5-14H,4H2,1-3H3,(H,21,23)/t13-,14+/m0/s1. The molecule has 0 saturated carbocycles. The number of nitrogens with one attached hydrogen (secondary N) is 1. The third-order valence-corrected chi connectivity index (χ3v) is 4.31. The van der Waals surface area contributed by atoms with E-state index in [-0.39, 0.29) is 17.2 Å². The quantitative estimate of drug-likeness (QED) is 0.445. The van der Waals surface area contributed by atoms with Gasteiger partial charge in [-0.25, -0.2) is 4.79 Å². The Hall–Kier alpha value is -3.22. The van der Waals surface area contributed by atoms with Crippen molar-refractivity contribution >= 4 is 23.3 Å². The van der Waals surface area contributed by atoms with Gasteiger partial charge in [0, 0.05) is 17.8 Å². The molecule has 0 unspecified atom stereocenters. The number of amides is 1. The number of ether oxygens (including phenoxy) is 1. The third kappa shape index (κ3) is 5.13. The minimum atomic E-state index is -1.05. The molecule has 7 nitrogen and oxygen atoms in total. The smallest absolute Gasteiger partial charge is 0.339 e. The lowest BCUT2D eigenvalue weighted by atomic mass is 9.97. The molecule has 0 bridgehead atoms. The maximum absolute atomic E-state index is 12.4. The fraction of sp³-hybridized carbons (Fsp3) is 0.300. The summed E-state index contributed by atoms with van der Waals surface area (Å²) in [6.07, 6.45) is -0.133. The Kier molecular flexibility index (Phi) is 6.65. The molecule has 0 heterocycles. The van der Waals surface area contributed by atoms with Crippen LogP contribution in [0.4, 0.5) is 11.4 Å². The predicted octanol–water partition coefficient (Wildman–Crippen LogP) is 4.29. The van der Waals surface area contributed by atoms with Crippen LogP contribution >= 0.6 is 0 Å². The zero-order valence-corrected chi connectivity index (χ0v) is 15.5. The molecule has 142 valence electrons. The molecule has 2 atom stereocenters. The highest BCUT2D eigenvalue weighted by Gasteiger charge is 2.21. The van der Waals surface area contributed by atoms with E-state index in [0.29, 0.717) is 5.69 Å². The first kappa shape index (κ1) is 20.1. The minimum absolute atomic E-state index is 0.0175. The highest BCUT2D eigenvalue weighted by Crippen LogP contribution is 2.26. The van der Waals surface area contributed by atoms with Crippen LogP contribution in [0.3, 0.4) is 0 Å². The molecule has 2 aromatic carbocycles. The number of rotatable bonds is 7. The van der Waals surface area contributed by atoms with E-state index in [1.54, 1.807) is 6.07 Å². The Balaban J connectivity index is 2.07. The number of benzene rings is 2. The fourth-order valence-corrected chi connectivity index (χ4v) is 2.52. The van der Waals surface area contributed by atoms with Crippen LogP contribution in [0, 0.1) is 10.1 Å². The van der Waals surface area contributed by atoms with Crippen molar-refractivity contribution in [2.45, 2.75) is 39.2 Å². The third-order valence-electron chi connectivity index (χ3n) is 4.31. The molecule has 0 fully saturated rings. The molecule has 0 radical (unpaired) electrons. The highest BCUT2D eigenvalue weighted by atomic mass is 16.6. The molecule has 0 saturated heterocycles. The predicted molar refractivity (Wildman–Crippen MR) is 102 cm³/mol. The summed E-state index contributed by atoms with van der Waals surface area (Å²) < 4.78 is 5.16. The second-order valence-electron chi connectivity index (χ2n) is 6.24. The van der Waals surface area contributed by atoms with Crippen molar-refractivity contribution in [3.8, 4) is 0 Å². The first-order valence-corrected chi connectivity index (χ1v) is 8.68. The van der Waals surface area contributed by atoms with Gasteiger partial charge in [0.2, 0.25) is 0 Å². The SMILES string of the molecule is CC[C@H](C)c1ccccc1NC(=O)[C@@H](C)OC(=O)c1cccc([N+](=O)[O-])c1. The normalized spacial score (nSPS) is 12.7. The number of esters is 1. The van der Waals surface area contributed by atoms with Crippen LogP contribution in [0.15, 0.2) is 48.5 Å². The second kappa shape index (κ2) is 8.93. The van der Waals surface area contributed by atoms with Gasteiger partial charge in [0.05, 0.1) is 10.5 Å². The summed E-state index contributed by atoms with van der Waals surface area (Å²) >= 11 is 0. The minimum Gasteiger partial charge on any atom is -0.449 e. The largest absolute Gasteiger partial charge is 0.449 e. The van der Waals surface area contributed by atoms with Gasteiger partial charge in [-0.15, -0.1) is 0 Å². The van der Waals surface area contributed by atoms with Crippen molar-refractivity contribution in [2.24, 2.45) is 0 Å². The van der Waals surface area contributed by atoms with Gasteiger partial charge in [-0.3, -0.25) is 14.9 Å². The summed E-state index contributed by atoms with van der Waals surface area (Å²) in [6, 6.07) is 12.7. The molecule has 2 aromatic rings. The van der Waals surface area contributed by atoms with Crippen LogP contribution in [-0.4, -0.2) is 22.9 Å². The van der Waals surface area contributed by atoms with Gasteiger partial charge in [-0.2, -0.15) is 0 Å². The number of hydrogen-bond acceptors (Lipinski definition) is 5. The number of para-hydroxylation sites is 1. The second-order valence-corrected chi connectivity index (χ2v) is 6.24. The Labute approximate surface area is 157 Å². The lowest BCUT2D eigenvalue weighted by molar-refractivity contribution is -0.384. The Morgan fingerprint density at radius 1 is 1.15 bits per heavy atom. The van der Waals surface area contributed by atoms with E-state index in [4.69, 9.17) is 4.74 Å². The average molecular weight is 370 g/mol. The lowest BCUT2D eigenvalue weighted by Gasteiger charge is -2.18. The molecule has 1 amide bonds. The summed E-state index contributed by atoms with van der Waals surface area (Å²) in [5.41, 5.74) is 1.48. The van der Waals surface area contributed by atoms with E-state index >= 15 is 0 Å². The fourth-order valence-electron chi connectivity index (χ4n) is 2.52. The molecular weight excluding hydrogens is 348 g/mol. The van der Waals surface area contributed by atoms with Gasteiger partial charge >= 0.3 is 5.97 Å². The molecular formula is C20H22N2O5. The number of anilines is 1. The first-order valence-electron chi connectivity index (χ1n) is 8.68. The van der Waals surface area contributed by atoms with E-state index in [9.17, 15) is 19.7 Å². The first-order chi connectivity index (χ1) is 12.8. The lowest BCUT2D eigenvalue weighted by Crippen LogP contribution is -2.30. The molecule has 27 heavy (non-hydrogen) atoms. The summed E-state index contributed by atoms with van der Waals surface area (Å²) in [6.45, 7) is 5.58. The zero-order chi connectivity index (χ0) is 20.0. The average Bonchev–Trinajstić information content (AvgIpc) is 2.67. The van der Waals surface area contributed by atoms with Crippen LogP contribution in [0.1, 0.15) is 49.0 Å². The van der Waals surface area contributed by atoms with Gasteiger partial charge in [-0.1, -0.05) is 38.1 Å². The van der Waals surface area contributed by atoms with Gasteiger partial charge in [-0.05, 0) is 37.0 Å². The van der Waals surface area contributed by atoms with Gasteiger partial charge in [0.1, 0.15) is 0 Å². The maximum Gasteiger partial charge on any atom is 0.339 e. The zero-order valence-electron chi connectivity index (χ0n) is 15.5. The van der Waals surface area contributed by atoms with Gasteiger partial charge in [0.15, 0.2) is 6.10 Å². The van der Waals surface area contributed by atoms with Crippen molar-refractivity contribution in [1.29, 1.82) is 0 Å². The number of non-ortho nitro benzene ring substituents is 1. The number of nitro groups is 1. The van der Waals surface area contributed by atoms with E-state index in [2.05, 4.69) is 19.2 Å². The summed E-state index contributed by atoms with van der Waals surface area (Å²) in [5.74, 6) is -0.995. The van der Waals surface area contributed by atoms with Crippen LogP contribution < -0.4 is 5.32 Å². The highest BCUT2D eigenvalue weighted by molar-refractivity contribution is 5.98. The molecule has 0 aromatic heterocycles. The van der Waals surface area contributed by atoms with Gasteiger partial charge in [0.25, 0.3) is 11.6 Å². The van der Waals surface area contributed by atoms with E-state index in [1.807, 2.05) is 18.2 Å². The number of nitrogens with zero attached hydrogens (tertiary/aromatic N) is 1. The van der Waals surface area contributed by atoms with Crippen LogP contribution in [0.2, 0.25) is 0 Å². The van der Waals surface area contributed by atoms with Crippen molar-refractivity contribution < 1.29 is 19.2 Å². The number of carbonyl (C=O) groups is 2. The van der Waals surface area contributed by atoms with Crippen LogP contribution in [-0.2, 0) is 9.53 Å². The summed E-state index contributed by atoms with van der Waals surface area (Å²) in [5, 5.41) is 13.6. The van der Waals surface area contributed by atoms with Crippen molar-refractivity contribution in [2.75, 3.05) is 5.32 Å². The van der Waals surface area contributed by atoms with Crippen molar-refractivity contribution in [3.63, 3.8) is 0 Å². The number of carbonyl (C=O) groups excluding carboxylic acids is 2. The number of nitro benzene ring substituents is 1. The maximum atomic E-state index is 12.4. The summed E-state index contributed by atoms with van der Waals surface area (Å²) in [4.78, 5) is 34.8. The van der Waals surface area contributed by atoms with Crippen molar-refractivity contribution in [1.82, 2.24) is 0 Å². The van der Waals surface area contributed by atoms with E-state index < -0.39 is 22.9 Å². The Bertz CT molecular complexity index is 850. The van der Waals surface area contributed by atoms with Gasteiger partial charge < -0.3 is 10.1 Å². The molecule has 1 N–H and O–H groups in total. The van der Waals surface area contributed by atoms with Crippen molar-refractivity contribution in [3.05, 3.63) is 69.8 Å².